The van der Waals surface area contributed by atoms with Gasteiger partial charge in [0.25, 0.3) is 0 Å². The van der Waals surface area contributed by atoms with Crippen LogP contribution in [0.2, 0.25) is 0 Å². The number of hydrogen-bond acceptors (Lipinski definition) is 2. The molecule has 0 aliphatic rings. The highest BCUT2D eigenvalue weighted by atomic mass is 32.2. The first kappa shape index (κ1) is 14.7. The summed E-state index contributed by atoms with van der Waals surface area (Å²) in [5, 5.41) is 0. The Morgan fingerprint density at radius 1 is 1.17 bits per heavy atom. The van der Waals surface area contributed by atoms with Crippen LogP contribution in [0.25, 0.3) is 0 Å². The molecule has 0 unspecified atom stereocenters. The average molecular weight is 265 g/mol. The van der Waals surface area contributed by atoms with Gasteiger partial charge in [-0.2, -0.15) is 4.31 Å². The standard InChI is InChI=1S/C14H19NO2S/c1-5-9-15(10-6-2)18(16,17)14-11-12(3)7-8-13(14)4/h5-8,11H,1-2,9-10H2,3-4H3. The molecule has 98 valence electrons. The molecule has 1 aromatic carbocycles. The van der Waals surface area contributed by atoms with Crippen LogP contribution in [0.15, 0.2) is 48.4 Å². The predicted octanol–water partition coefficient (Wildman–Crippen LogP) is 2.67. The fourth-order valence-corrected chi connectivity index (χ4v) is 3.37. The molecular formula is C14H19NO2S. The number of hydrogen-bond donors (Lipinski definition) is 0. The summed E-state index contributed by atoms with van der Waals surface area (Å²) < 4.78 is 26.4. The van der Waals surface area contributed by atoms with E-state index in [1.54, 1.807) is 25.1 Å². The van der Waals surface area contributed by atoms with Gasteiger partial charge in [0.15, 0.2) is 0 Å². The van der Waals surface area contributed by atoms with E-state index in [1.165, 1.54) is 4.31 Å². The van der Waals surface area contributed by atoms with E-state index in [9.17, 15) is 8.42 Å². The lowest BCUT2D eigenvalue weighted by molar-refractivity contribution is 0.473. The molecule has 1 aromatic rings. The SMILES string of the molecule is C=CCN(CC=C)S(=O)(=O)c1cc(C)ccc1C. The Hall–Kier alpha value is -1.39. The zero-order valence-corrected chi connectivity index (χ0v) is 11.7. The van der Waals surface area contributed by atoms with Crippen molar-refractivity contribution in [3.05, 3.63) is 54.6 Å². The molecule has 0 spiro atoms. The van der Waals surface area contributed by atoms with Gasteiger partial charge in [0, 0.05) is 13.1 Å². The second-order valence-corrected chi connectivity index (χ2v) is 6.07. The monoisotopic (exact) mass is 265 g/mol. The smallest absolute Gasteiger partial charge is 0.207 e. The molecule has 0 atom stereocenters. The van der Waals surface area contributed by atoms with Crippen LogP contribution >= 0.6 is 0 Å². The molecule has 1 rings (SSSR count). The van der Waals surface area contributed by atoms with Crippen LogP contribution in [0, 0.1) is 13.8 Å². The fraction of sp³-hybridized carbons (Fsp3) is 0.286. The summed E-state index contributed by atoms with van der Waals surface area (Å²) in [6, 6.07) is 5.42. The summed E-state index contributed by atoms with van der Waals surface area (Å²) in [5.41, 5.74) is 1.68. The van der Waals surface area contributed by atoms with E-state index in [2.05, 4.69) is 13.2 Å². The lowest BCUT2D eigenvalue weighted by atomic mass is 10.2. The molecule has 3 nitrogen and oxygen atoms in total. The molecule has 0 aliphatic carbocycles. The van der Waals surface area contributed by atoms with E-state index < -0.39 is 10.0 Å². The molecule has 4 heteroatoms. The van der Waals surface area contributed by atoms with Gasteiger partial charge in [0.1, 0.15) is 0 Å². The summed E-state index contributed by atoms with van der Waals surface area (Å²) in [7, 11) is -3.49. The summed E-state index contributed by atoms with van der Waals surface area (Å²) in [6.07, 6.45) is 3.15. The molecule has 0 aliphatic heterocycles. The van der Waals surface area contributed by atoms with Gasteiger partial charge in [-0.15, -0.1) is 13.2 Å². The first-order valence-corrected chi connectivity index (χ1v) is 7.16. The van der Waals surface area contributed by atoms with Crippen molar-refractivity contribution in [3.63, 3.8) is 0 Å². The molecule has 0 saturated carbocycles. The normalized spacial score (nSPS) is 11.5. The van der Waals surface area contributed by atoms with Crippen molar-refractivity contribution >= 4 is 10.0 Å². The van der Waals surface area contributed by atoms with Gasteiger partial charge in [-0.3, -0.25) is 0 Å². The highest BCUT2D eigenvalue weighted by Gasteiger charge is 2.24. The maximum atomic E-state index is 12.5. The van der Waals surface area contributed by atoms with E-state index in [0.29, 0.717) is 4.90 Å². The van der Waals surface area contributed by atoms with Crippen LogP contribution in [0.3, 0.4) is 0 Å². The maximum absolute atomic E-state index is 12.5. The average Bonchev–Trinajstić information content (AvgIpc) is 2.32. The molecule has 0 radical (unpaired) electrons. The van der Waals surface area contributed by atoms with E-state index >= 15 is 0 Å². The third-order valence-corrected chi connectivity index (χ3v) is 4.60. The first-order valence-electron chi connectivity index (χ1n) is 5.72. The van der Waals surface area contributed by atoms with Crippen molar-refractivity contribution in [2.24, 2.45) is 0 Å². The van der Waals surface area contributed by atoms with E-state index in [0.717, 1.165) is 11.1 Å². The molecule has 0 saturated heterocycles. The number of sulfonamides is 1. The van der Waals surface area contributed by atoms with Crippen LogP contribution in [0.1, 0.15) is 11.1 Å². The van der Waals surface area contributed by atoms with E-state index in [4.69, 9.17) is 0 Å². The first-order chi connectivity index (χ1) is 8.43. The third-order valence-electron chi connectivity index (χ3n) is 2.63. The Labute approximate surface area is 109 Å². The lowest BCUT2D eigenvalue weighted by Crippen LogP contribution is -2.31. The Morgan fingerprint density at radius 2 is 1.72 bits per heavy atom. The molecule has 0 bridgehead atoms. The Morgan fingerprint density at radius 3 is 2.22 bits per heavy atom. The van der Waals surface area contributed by atoms with Gasteiger partial charge in [-0.05, 0) is 31.0 Å². The molecule has 0 aromatic heterocycles. The van der Waals surface area contributed by atoms with Gasteiger partial charge < -0.3 is 0 Å². The van der Waals surface area contributed by atoms with Gasteiger partial charge in [-0.1, -0.05) is 24.3 Å². The quantitative estimate of drug-likeness (QED) is 0.742. The Bertz CT molecular complexity index is 537. The van der Waals surface area contributed by atoms with Gasteiger partial charge >= 0.3 is 0 Å². The lowest BCUT2D eigenvalue weighted by Gasteiger charge is -2.20. The highest BCUT2D eigenvalue weighted by Crippen LogP contribution is 2.21. The van der Waals surface area contributed by atoms with Gasteiger partial charge in [0.05, 0.1) is 4.90 Å². The molecule has 0 fully saturated rings. The van der Waals surface area contributed by atoms with Crippen LogP contribution in [0.4, 0.5) is 0 Å². The number of aryl methyl sites for hydroxylation is 2. The van der Waals surface area contributed by atoms with E-state index in [1.807, 2.05) is 19.1 Å². The molecule has 0 heterocycles. The topological polar surface area (TPSA) is 37.4 Å². The van der Waals surface area contributed by atoms with Crippen molar-refractivity contribution in [1.29, 1.82) is 0 Å². The van der Waals surface area contributed by atoms with Crippen LogP contribution in [0.5, 0.6) is 0 Å². The Kier molecular flexibility index (Phi) is 4.87. The van der Waals surface area contributed by atoms with Crippen molar-refractivity contribution in [2.45, 2.75) is 18.7 Å². The predicted molar refractivity (Wildman–Crippen MR) is 75.1 cm³/mol. The van der Waals surface area contributed by atoms with Crippen LogP contribution in [-0.2, 0) is 10.0 Å². The van der Waals surface area contributed by atoms with Gasteiger partial charge in [-0.25, -0.2) is 8.42 Å². The van der Waals surface area contributed by atoms with E-state index in [-0.39, 0.29) is 13.1 Å². The number of nitrogens with zero attached hydrogens (tertiary/aromatic N) is 1. The summed E-state index contributed by atoms with van der Waals surface area (Å²) in [5.74, 6) is 0. The second-order valence-electron chi connectivity index (χ2n) is 4.17. The number of benzene rings is 1. The Balaban J connectivity index is 3.29. The number of rotatable bonds is 6. The van der Waals surface area contributed by atoms with Crippen LogP contribution in [-0.4, -0.2) is 25.8 Å². The minimum atomic E-state index is -3.49. The molecule has 0 amide bonds. The molecule has 18 heavy (non-hydrogen) atoms. The van der Waals surface area contributed by atoms with Gasteiger partial charge in [0.2, 0.25) is 10.0 Å². The van der Waals surface area contributed by atoms with Crippen molar-refractivity contribution in [3.8, 4) is 0 Å². The summed E-state index contributed by atoms with van der Waals surface area (Å²) in [6.45, 7) is 11.4. The minimum Gasteiger partial charge on any atom is -0.207 e. The summed E-state index contributed by atoms with van der Waals surface area (Å²) in [4.78, 5) is 0.353. The fourth-order valence-electron chi connectivity index (χ4n) is 1.68. The van der Waals surface area contributed by atoms with Crippen molar-refractivity contribution in [1.82, 2.24) is 4.31 Å². The highest BCUT2D eigenvalue weighted by molar-refractivity contribution is 7.89. The maximum Gasteiger partial charge on any atom is 0.243 e. The van der Waals surface area contributed by atoms with Crippen molar-refractivity contribution in [2.75, 3.05) is 13.1 Å². The van der Waals surface area contributed by atoms with Crippen LogP contribution < -0.4 is 0 Å². The zero-order valence-electron chi connectivity index (χ0n) is 10.9. The second kappa shape index (κ2) is 5.98. The summed E-state index contributed by atoms with van der Waals surface area (Å²) >= 11 is 0. The largest absolute Gasteiger partial charge is 0.243 e. The zero-order chi connectivity index (χ0) is 13.8. The molecule has 0 N–H and O–H groups in total. The molecular weight excluding hydrogens is 246 g/mol. The third kappa shape index (κ3) is 3.09. The minimum absolute atomic E-state index is 0.279. The van der Waals surface area contributed by atoms with Crippen molar-refractivity contribution < 1.29 is 8.42 Å².